The van der Waals surface area contributed by atoms with E-state index in [1.165, 1.54) is 28.7 Å². The number of alkyl halides is 1. The van der Waals surface area contributed by atoms with E-state index in [0.717, 1.165) is 5.56 Å². The number of aryl methyl sites for hydroxylation is 2. The first-order chi connectivity index (χ1) is 18.6. The molecule has 1 aliphatic heterocycles. The van der Waals surface area contributed by atoms with Crippen molar-refractivity contribution in [3.8, 4) is 6.07 Å². The number of likely N-dealkylation sites (tertiary alicyclic amines) is 1. The number of nitriles is 1. The first kappa shape index (κ1) is 27.4. The van der Waals surface area contributed by atoms with Gasteiger partial charge < -0.3 is 14.8 Å². The van der Waals surface area contributed by atoms with Crippen LogP contribution in [0.4, 0.5) is 4.39 Å². The Hall–Kier alpha value is -4.59. The molecule has 0 saturated carbocycles. The third-order valence-electron chi connectivity index (χ3n) is 6.64. The highest BCUT2D eigenvalue weighted by Crippen LogP contribution is 2.26. The molecule has 0 aliphatic carbocycles. The molecule has 4 heterocycles. The number of pyridine rings is 2. The number of nitrogens with zero attached hydrogens (tertiary/aromatic N) is 6. The molecule has 0 spiro atoms. The summed E-state index contributed by atoms with van der Waals surface area (Å²) in [7, 11) is 1.82. The van der Waals surface area contributed by atoms with E-state index in [4.69, 9.17) is 5.26 Å². The maximum Gasteiger partial charge on any atom is 0.265 e. The van der Waals surface area contributed by atoms with E-state index >= 15 is 0 Å². The highest BCUT2D eigenvalue weighted by atomic mass is 19.1. The molecule has 202 valence electrons. The van der Waals surface area contributed by atoms with Crippen molar-refractivity contribution in [1.82, 2.24) is 29.3 Å². The molecule has 0 unspecified atom stereocenters. The van der Waals surface area contributed by atoms with E-state index in [9.17, 15) is 18.8 Å². The molecule has 0 atom stereocenters. The van der Waals surface area contributed by atoms with Gasteiger partial charge in [-0.05, 0) is 37.6 Å². The third kappa shape index (κ3) is 5.23. The van der Waals surface area contributed by atoms with Crippen molar-refractivity contribution in [3.05, 3.63) is 69.4 Å². The van der Waals surface area contributed by atoms with Crippen LogP contribution < -0.4 is 10.9 Å². The Labute approximate surface area is 224 Å². The number of fused-ring (bicyclic) bond motifs is 3. The maximum absolute atomic E-state index is 14.0. The van der Waals surface area contributed by atoms with Crippen molar-refractivity contribution in [2.75, 3.05) is 13.1 Å². The van der Waals surface area contributed by atoms with Gasteiger partial charge in [0.1, 0.15) is 34.8 Å². The van der Waals surface area contributed by atoms with Crippen LogP contribution in [0.2, 0.25) is 0 Å². The lowest BCUT2D eigenvalue weighted by Crippen LogP contribution is -2.60. The van der Waals surface area contributed by atoms with Crippen LogP contribution in [0.5, 0.6) is 0 Å². The molecule has 3 aromatic heterocycles. The fourth-order valence-corrected chi connectivity index (χ4v) is 4.58. The van der Waals surface area contributed by atoms with Gasteiger partial charge in [-0.25, -0.2) is 14.4 Å². The van der Waals surface area contributed by atoms with Crippen molar-refractivity contribution in [3.63, 3.8) is 0 Å². The summed E-state index contributed by atoms with van der Waals surface area (Å²) in [5, 5.41) is 12.2. The maximum atomic E-state index is 14.0. The summed E-state index contributed by atoms with van der Waals surface area (Å²) in [5.74, 6) is -0.335. The lowest BCUT2D eigenvalue weighted by Gasteiger charge is -2.42. The predicted octanol–water partition coefficient (Wildman–Crippen LogP) is 2.99. The largest absolute Gasteiger partial charge is 0.348 e. The minimum Gasteiger partial charge on any atom is -0.348 e. The first-order valence-corrected chi connectivity index (χ1v) is 12.7. The quantitative estimate of drug-likeness (QED) is 0.422. The number of aromatic nitrogens is 4. The van der Waals surface area contributed by atoms with Gasteiger partial charge in [0.2, 0.25) is 5.91 Å². The average molecular weight is 532 g/mol. The number of hydrogen-bond acceptors (Lipinski definition) is 6. The predicted molar refractivity (Wildman–Crippen MR) is 145 cm³/mol. The Morgan fingerprint density at radius 3 is 2.49 bits per heavy atom. The summed E-state index contributed by atoms with van der Waals surface area (Å²) < 4.78 is 17.0. The number of imidazole rings is 1. The normalized spacial score (nSPS) is 13.8. The number of benzene rings is 1. The second-order valence-electron chi connectivity index (χ2n) is 9.55. The molecular weight excluding hydrogens is 501 g/mol. The van der Waals surface area contributed by atoms with Gasteiger partial charge in [0.05, 0.1) is 36.4 Å². The zero-order chi connectivity index (χ0) is 28.5. The number of hydrogen-bond donors (Lipinski definition) is 1. The molecule has 1 fully saturated rings. The van der Waals surface area contributed by atoms with Gasteiger partial charge >= 0.3 is 0 Å². The highest BCUT2D eigenvalue weighted by Gasteiger charge is 2.41. The van der Waals surface area contributed by atoms with E-state index in [2.05, 4.69) is 15.3 Å². The third-order valence-corrected chi connectivity index (χ3v) is 6.64. The second kappa shape index (κ2) is 10.6. The van der Waals surface area contributed by atoms with Gasteiger partial charge in [0.15, 0.2) is 0 Å². The number of carbonyl (C=O) groups is 2. The van der Waals surface area contributed by atoms with Crippen molar-refractivity contribution in [2.45, 2.75) is 46.5 Å². The van der Waals surface area contributed by atoms with Gasteiger partial charge in [-0.15, -0.1) is 0 Å². The van der Waals surface area contributed by atoms with Crippen molar-refractivity contribution in [2.24, 2.45) is 7.05 Å². The second-order valence-corrected chi connectivity index (χ2v) is 9.55. The molecule has 0 bridgehead atoms. The summed E-state index contributed by atoms with van der Waals surface area (Å²) in [6.45, 7) is 6.90. The lowest BCUT2D eigenvalue weighted by molar-refractivity contribution is -0.144. The molecular formula is C28H30FN7O3. The van der Waals surface area contributed by atoms with E-state index in [-0.39, 0.29) is 37.4 Å². The molecule has 1 aliphatic rings. The van der Waals surface area contributed by atoms with Crippen LogP contribution in [0.3, 0.4) is 0 Å². The summed E-state index contributed by atoms with van der Waals surface area (Å²) in [6, 6.07) is 10.2. The van der Waals surface area contributed by atoms with Crippen molar-refractivity contribution >= 4 is 33.9 Å². The standard InChI is InChI=1S/C26H24FN7O3.C2H6/c1-15-31-20-11-29-23-18(22(20)32(15)3)8-19(24(36)30-10-17-6-4-16(9-28)5-7-17)25(37)34(23)12-21(35)33-13-26(2,27)14-33;1-2/h4-8,11H,10,12-14H2,1-3H3,(H,30,36);1-2H3. The van der Waals surface area contributed by atoms with Crippen LogP contribution in [0.25, 0.3) is 22.1 Å². The molecule has 1 N–H and O–H groups in total. The fourth-order valence-electron chi connectivity index (χ4n) is 4.58. The zero-order valence-electron chi connectivity index (χ0n) is 22.6. The van der Waals surface area contributed by atoms with Gasteiger partial charge in [-0.2, -0.15) is 5.26 Å². The zero-order valence-corrected chi connectivity index (χ0v) is 22.6. The monoisotopic (exact) mass is 531 g/mol. The van der Waals surface area contributed by atoms with Crippen LogP contribution in [0, 0.1) is 18.3 Å². The Balaban J connectivity index is 0.00000172. The molecule has 11 heteroatoms. The van der Waals surface area contributed by atoms with Crippen LogP contribution in [0.1, 0.15) is 48.1 Å². The molecule has 0 radical (unpaired) electrons. The molecule has 1 aromatic carbocycles. The Morgan fingerprint density at radius 1 is 1.21 bits per heavy atom. The topological polar surface area (TPSA) is 126 Å². The summed E-state index contributed by atoms with van der Waals surface area (Å²) in [4.78, 5) is 49.8. The smallest absolute Gasteiger partial charge is 0.265 e. The molecule has 2 amide bonds. The van der Waals surface area contributed by atoms with E-state index in [1.807, 2.05) is 38.5 Å². The lowest BCUT2D eigenvalue weighted by atomic mass is 9.99. The Morgan fingerprint density at radius 2 is 1.87 bits per heavy atom. The summed E-state index contributed by atoms with van der Waals surface area (Å²) in [6.07, 6.45) is 1.53. The number of halogens is 1. The number of carbonyl (C=O) groups excluding carboxylic acids is 2. The van der Waals surface area contributed by atoms with Gasteiger partial charge in [0, 0.05) is 19.0 Å². The highest BCUT2D eigenvalue weighted by molar-refractivity contribution is 6.05. The van der Waals surface area contributed by atoms with Crippen LogP contribution >= 0.6 is 0 Å². The molecule has 1 saturated heterocycles. The SMILES string of the molecule is CC.Cc1nc2cnc3c(cc(C(=O)NCc4ccc(C#N)cc4)c(=O)n3CC(=O)N3CC(C)(F)C3)c2n1C. The molecule has 39 heavy (non-hydrogen) atoms. The Kier molecular flexibility index (Phi) is 7.49. The fraction of sp³-hybridized carbons (Fsp3) is 0.357. The van der Waals surface area contributed by atoms with Gasteiger partial charge in [-0.3, -0.25) is 19.0 Å². The first-order valence-electron chi connectivity index (χ1n) is 12.7. The summed E-state index contributed by atoms with van der Waals surface area (Å²) in [5.41, 5.74) is 0.466. The van der Waals surface area contributed by atoms with E-state index < -0.39 is 23.0 Å². The number of amides is 2. The van der Waals surface area contributed by atoms with Crippen molar-refractivity contribution in [1.29, 1.82) is 5.26 Å². The minimum absolute atomic E-state index is 0.0537. The van der Waals surface area contributed by atoms with Gasteiger partial charge in [-0.1, -0.05) is 26.0 Å². The van der Waals surface area contributed by atoms with Crippen LogP contribution in [-0.4, -0.2) is 54.6 Å². The minimum atomic E-state index is -1.45. The summed E-state index contributed by atoms with van der Waals surface area (Å²) >= 11 is 0. The van der Waals surface area contributed by atoms with Gasteiger partial charge in [0.25, 0.3) is 11.5 Å². The average Bonchev–Trinajstić information content (AvgIpc) is 3.21. The van der Waals surface area contributed by atoms with Crippen LogP contribution in [0.15, 0.2) is 41.3 Å². The van der Waals surface area contributed by atoms with E-state index in [0.29, 0.717) is 27.8 Å². The van der Waals surface area contributed by atoms with Crippen molar-refractivity contribution < 1.29 is 14.0 Å². The van der Waals surface area contributed by atoms with Crippen LogP contribution in [-0.2, 0) is 24.9 Å². The molecule has 10 nitrogen and oxygen atoms in total. The number of rotatable bonds is 5. The Bertz CT molecular complexity index is 1670. The number of nitrogens with one attached hydrogen (secondary N) is 1. The van der Waals surface area contributed by atoms with E-state index in [1.54, 1.807) is 24.3 Å². The molecule has 5 rings (SSSR count). The molecule has 4 aromatic rings.